The highest BCUT2D eigenvalue weighted by molar-refractivity contribution is 8.83. The van der Waals surface area contributed by atoms with E-state index in [4.69, 9.17) is 0 Å². The zero-order chi connectivity index (χ0) is 13.4. The first kappa shape index (κ1) is 15.5. The van der Waals surface area contributed by atoms with Crippen LogP contribution in [0.2, 0.25) is 0 Å². The van der Waals surface area contributed by atoms with Crippen LogP contribution in [0, 0.1) is 15.7 Å². The Kier molecular flexibility index (Phi) is 4.75. The molecule has 17 heavy (non-hydrogen) atoms. The van der Waals surface area contributed by atoms with E-state index in [2.05, 4.69) is 24.5 Å². The molecule has 1 aliphatic rings. The summed E-state index contributed by atoms with van der Waals surface area (Å²) in [4.78, 5) is 2.00. The van der Waals surface area contributed by atoms with E-state index in [9.17, 15) is 14.0 Å². The Morgan fingerprint density at radius 1 is 1.29 bits per heavy atom. The predicted molar refractivity (Wildman–Crippen MR) is 63.7 cm³/mol. The molecule has 1 aliphatic heterocycles. The number of rotatable bonds is 3. The number of halogens is 1. The van der Waals surface area contributed by atoms with Crippen LogP contribution in [0.4, 0.5) is 0 Å². The van der Waals surface area contributed by atoms with E-state index >= 15 is 0 Å². The summed E-state index contributed by atoms with van der Waals surface area (Å²) >= 11 is 0. The van der Waals surface area contributed by atoms with Crippen molar-refractivity contribution in [2.24, 2.45) is 5.41 Å². The summed E-state index contributed by atoms with van der Waals surface area (Å²) in [5.74, 6) is 0. The van der Waals surface area contributed by atoms with Gasteiger partial charge in [0.05, 0.1) is 10.2 Å². The van der Waals surface area contributed by atoms with Crippen LogP contribution in [0.3, 0.4) is 0 Å². The molecule has 0 aromatic carbocycles. The maximum atomic E-state index is 10.7. The van der Waals surface area contributed by atoms with Gasteiger partial charge in [-0.2, -0.15) is 14.0 Å². The summed E-state index contributed by atoms with van der Waals surface area (Å²) in [5.41, 5.74) is 0.997. The topological polar surface area (TPSA) is 78.4 Å². The van der Waals surface area contributed by atoms with E-state index in [0.717, 1.165) is 15.3 Å². The molecule has 1 atom stereocenters. The summed E-state index contributed by atoms with van der Waals surface area (Å²) < 4.78 is 36.6. The average molecular weight is 301 g/mol. The van der Waals surface area contributed by atoms with Crippen molar-refractivity contribution in [3.8, 4) is 0 Å². The molecular weight excluding hydrogens is 284 g/mol. The second-order valence-electron chi connectivity index (χ2n) is 4.74. The summed E-state index contributed by atoms with van der Waals surface area (Å²) in [5, 5.41) is 0. The fourth-order valence-corrected chi connectivity index (χ4v) is 7.41. The lowest BCUT2D eigenvalue weighted by Gasteiger charge is -2.20. The molecule has 0 amide bonds. The van der Waals surface area contributed by atoms with Crippen molar-refractivity contribution >= 4 is 25.5 Å². The normalized spacial score (nSPS) is 22.6. The molecule has 4 nitrogen and oxygen atoms in total. The molecule has 0 saturated carbocycles. The highest BCUT2D eigenvalue weighted by Gasteiger charge is 2.36. The Hall–Kier alpha value is 0.440. The third-order valence-corrected chi connectivity index (χ3v) is 7.59. The van der Waals surface area contributed by atoms with Crippen molar-refractivity contribution in [1.29, 1.82) is 0 Å². The molecule has 7 heteroatoms. The Labute approximate surface area is 110 Å². The van der Waals surface area contributed by atoms with Crippen LogP contribution in [0.15, 0.2) is 10.5 Å². The van der Waals surface area contributed by atoms with Crippen LogP contribution in [-0.4, -0.2) is 4.86 Å². The van der Waals surface area contributed by atoms with Gasteiger partial charge in [-0.15, -0.1) is 0 Å². The minimum Gasteiger partial charge on any atom is -0.182 e. The largest absolute Gasteiger partial charge is 0.182 e. The fourth-order valence-electron chi connectivity index (χ4n) is 1.63. The maximum Gasteiger partial charge on any atom is 0.175 e. The molecule has 0 saturated heterocycles. The average Bonchev–Trinajstić information content (AvgIpc) is 2.38. The highest BCUT2D eigenvalue weighted by Crippen LogP contribution is 2.55. The number of allylic oxidation sites excluding steroid dienone is 2. The van der Waals surface area contributed by atoms with E-state index in [-0.39, 0.29) is 5.41 Å². The first-order chi connectivity index (χ1) is 7.56. The Bertz CT molecular complexity index is 377. The van der Waals surface area contributed by atoms with Gasteiger partial charge in [-0.25, -0.2) is 0 Å². The maximum absolute atomic E-state index is 10.7. The zero-order valence-electron chi connectivity index (χ0n) is 10.5. The van der Waals surface area contributed by atoms with Gasteiger partial charge in [0.25, 0.3) is 0 Å². The van der Waals surface area contributed by atoms with E-state index in [0.29, 0.717) is 6.42 Å². The second-order valence-corrected chi connectivity index (χ2v) is 8.95. The van der Waals surface area contributed by atoms with Crippen LogP contribution >= 0.6 is 20.6 Å². The van der Waals surface area contributed by atoms with Gasteiger partial charge < -0.3 is 0 Å². The lowest BCUT2D eigenvalue weighted by atomic mass is 9.92. The van der Waals surface area contributed by atoms with E-state index in [1.54, 1.807) is 0 Å². The minimum atomic E-state index is -4.37. The third-order valence-electron chi connectivity index (χ3n) is 2.26. The quantitative estimate of drug-likeness (QED) is 0.565. The molecule has 1 unspecified atom stereocenters. The Balaban J connectivity index is 3.03. The van der Waals surface area contributed by atoms with Crippen molar-refractivity contribution in [3.63, 3.8) is 0 Å². The molecule has 0 N–H and O–H groups in total. The molecule has 1 rings (SSSR count). The predicted octanol–water partition coefficient (Wildman–Crippen LogP) is 0.648. The Morgan fingerprint density at radius 2 is 1.82 bits per heavy atom. The van der Waals surface area contributed by atoms with Crippen LogP contribution < -0.4 is 14.0 Å². The van der Waals surface area contributed by atoms with Crippen LogP contribution in [-0.2, 0) is 3.74 Å². The fraction of sp³-hybridized carbons (Fsp3) is 0.700. The summed E-state index contributed by atoms with van der Waals surface area (Å²) in [6.45, 7) is 10.1. The van der Waals surface area contributed by atoms with Gasteiger partial charge in [-0.3, -0.25) is 0 Å². The molecule has 0 spiro atoms. The van der Waals surface area contributed by atoms with Gasteiger partial charge in [0.2, 0.25) is 0 Å². The summed E-state index contributed by atoms with van der Waals surface area (Å²) in [7, 11) is -4.02. The highest BCUT2D eigenvalue weighted by atomic mass is 35.7. The van der Waals surface area contributed by atoms with Crippen molar-refractivity contribution in [3.05, 3.63) is 10.5 Å². The molecule has 0 aliphatic carbocycles. The van der Waals surface area contributed by atoms with E-state index < -0.39 is 20.0 Å². The lowest BCUT2D eigenvalue weighted by Crippen LogP contribution is -2.60. The van der Waals surface area contributed by atoms with Gasteiger partial charge in [0, 0.05) is 9.77 Å². The van der Waals surface area contributed by atoms with Gasteiger partial charge in [-0.05, 0) is 35.1 Å². The number of hydrogen-bond acceptors (Lipinski definition) is 5. The summed E-state index contributed by atoms with van der Waals surface area (Å²) in [6, 6.07) is 0. The second kappa shape index (κ2) is 5.21. The summed E-state index contributed by atoms with van der Waals surface area (Å²) in [6.07, 6.45) is 0.687. The first-order valence-corrected chi connectivity index (χ1v) is 8.89. The van der Waals surface area contributed by atoms with Crippen molar-refractivity contribution in [2.75, 3.05) is 0 Å². The Morgan fingerprint density at radius 3 is 2.18 bits per heavy atom. The van der Waals surface area contributed by atoms with Crippen LogP contribution in [0.5, 0.6) is 0 Å². The molecular formula is C10H17ClO4S2. The van der Waals surface area contributed by atoms with Crippen molar-refractivity contribution in [2.45, 2.75) is 41.0 Å². The first-order valence-electron chi connectivity index (χ1n) is 5.17. The molecule has 0 bridgehead atoms. The molecule has 100 valence electrons. The lowest BCUT2D eigenvalue weighted by molar-refractivity contribution is -1.91. The molecule has 1 heterocycles. The van der Waals surface area contributed by atoms with Gasteiger partial charge in [0.15, 0.2) is 9.80 Å². The zero-order valence-corrected chi connectivity index (χ0v) is 12.9. The molecule has 0 radical (unpaired) electrons. The molecule has 0 aromatic heterocycles. The SMILES string of the molecule is CCC1=S(O[Cl+3]([O-])([O-])[O-])SC(C(C)(C)C)=C1C. The smallest absolute Gasteiger partial charge is 0.175 e. The van der Waals surface area contributed by atoms with Crippen LogP contribution in [0.1, 0.15) is 41.0 Å². The van der Waals surface area contributed by atoms with Gasteiger partial charge in [-0.1, -0.05) is 27.7 Å². The van der Waals surface area contributed by atoms with Gasteiger partial charge in [0.1, 0.15) is 3.74 Å². The van der Waals surface area contributed by atoms with Crippen molar-refractivity contribution < 1.29 is 28.0 Å². The van der Waals surface area contributed by atoms with Gasteiger partial charge >= 0.3 is 0 Å². The monoisotopic (exact) mass is 300 g/mol. The minimum absolute atomic E-state index is 0.0657. The van der Waals surface area contributed by atoms with E-state index in [1.165, 1.54) is 10.8 Å². The van der Waals surface area contributed by atoms with Crippen LogP contribution in [0.25, 0.3) is 0 Å². The molecule has 0 fully saturated rings. The number of hydrogen-bond donors (Lipinski definition) is 0. The standard InChI is InChI=1S/C10H17ClO4S2/c1-6-8-7(2)9(10(3,4)5)16-17(8)15-11(12,13)14/h6H2,1-5H3. The van der Waals surface area contributed by atoms with Crippen molar-refractivity contribution in [1.82, 2.24) is 0 Å². The third kappa shape index (κ3) is 3.96. The molecule has 0 aromatic rings. The van der Waals surface area contributed by atoms with E-state index in [1.807, 2.05) is 13.8 Å².